The zero-order chi connectivity index (χ0) is 19.0. The lowest BCUT2D eigenvalue weighted by atomic mass is 10.1. The lowest BCUT2D eigenvalue weighted by molar-refractivity contribution is -0.120. The number of hydrogen-bond donors (Lipinski definition) is 0. The van der Waals surface area contributed by atoms with Crippen LogP contribution < -0.4 is 4.74 Å². The van der Waals surface area contributed by atoms with Gasteiger partial charge in [-0.2, -0.15) is 0 Å². The van der Waals surface area contributed by atoms with Gasteiger partial charge in [0.2, 0.25) is 0 Å². The number of likely N-dealkylation sites (N-methyl/N-ethyl adjacent to an activating group) is 1. The van der Waals surface area contributed by atoms with E-state index in [1.165, 1.54) is 5.56 Å². The maximum absolute atomic E-state index is 11.8. The van der Waals surface area contributed by atoms with Crippen molar-refractivity contribution in [2.45, 2.75) is 32.4 Å². The van der Waals surface area contributed by atoms with E-state index in [4.69, 9.17) is 9.72 Å². The van der Waals surface area contributed by atoms with Crippen molar-refractivity contribution in [3.8, 4) is 17.0 Å². The highest BCUT2D eigenvalue weighted by molar-refractivity contribution is 5.88. The second kappa shape index (κ2) is 7.12. The Kier molecular flexibility index (Phi) is 4.66. The molecule has 0 spiro atoms. The fourth-order valence-corrected chi connectivity index (χ4v) is 3.85. The molecule has 0 bridgehead atoms. The third-order valence-electron chi connectivity index (χ3n) is 5.27. The minimum atomic E-state index is -0.0565. The van der Waals surface area contributed by atoms with Gasteiger partial charge >= 0.3 is 0 Å². The van der Waals surface area contributed by atoms with Crippen LogP contribution in [0.1, 0.15) is 18.9 Å². The average molecular weight is 360 g/mol. The monoisotopic (exact) mass is 360 g/mol. The van der Waals surface area contributed by atoms with Crippen LogP contribution in [0.5, 0.6) is 5.75 Å². The van der Waals surface area contributed by atoms with Crippen molar-refractivity contribution < 1.29 is 9.53 Å². The summed E-state index contributed by atoms with van der Waals surface area (Å²) in [6.07, 6.45) is 0.724. The van der Waals surface area contributed by atoms with Crippen LogP contribution in [0.25, 0.3) is 22.2 Å². The van der Waals surface area contributed by atoms with Gasteiger partial charge in [-0.05, 0) is 38.6 Å². The molecule has 0 N–H and O–H groups in total. The lowest BCUT2D eigenvalue weighted by Crippen LogP contribution is -2.31. The topological polar surface area (TPSA) is 42.4 Å². The number of Topliss-reactive ketones (excluding diaryl/α,β-unsaturated/α-hetero) is 1. The molecule has 2 atom stereocenters. The van der Waals surface area contributed by atoms with Gasteiger partial charge in [0.15, 0.2) is 0 Å². The minimum Gasteiger partial charge on any atom is -0.488 e. The van der Waals surface area contributed by atoms with Crippen molar-refractivity contribution in [2.75, 3.05) is 13.6 Å². The van der Waals surface area contributed by atoms with Crippen molar-refractivity contribution >= 4 is 16.7 Å². The van der Waals surface area contributed by atoms with Crippen LogP contribution in [0, 0.1) is 6.92 Å². The Balaban J connectivity index is 1.74. The van der Waals surface area contributed by atoms with E-state index in [0.717, 1.165) is 40.9 Å². The lowest BCUT2D eigenvalue weighted by Gasteiger charge is -2.17. The van der Waals surface area contributed by atoms with Gasteiger partial charge in [0.25, 0.3) is 0 Å². The quantitative estimate of drug-likeness (QED) is 0.697. The summed E-state index contributed by atoms with van der Waals surface area (Å²) in [7, 11) is 1.98. The van der Waals surface area contributed by atoms with Crippen molar-refractivity contribution in [3.05, 3.63) is 60.2 Å². The van der Waals surface area contributed by atoms with Crippen LogP contribution in [0.15, 0.2) is 54.6 Å². The zero-order valence-electron chi connectivity index (χ0n) is 16.0. The predicted molar refractivity (Wildman–Crippen MR) is 108 cm³/mol. The molecular weight excluding hydrogens is 336 g/mol. The van der Waals surface area contributed by atoms with Crippen molar-refractivity contribution in [1.29, 1.82) is 0 Å². The smallest absolute Gasteiger partial charge is 0.147 e. The Morgan fingerprint density at radius 2 is 1.93 bits per heavy atom. The third kappa shape index (κ3) is 3.58. The van der Waals surface area contributed by atoms with Crippen molar-refractivity contribution in [2.24, 2.45) is 0 Å². The average Bonchev–Trinajstić information content (AvgIpc) is 3.02. The summed E-state index contributed by atoms with van der Waals surface area (Å²) in [4.78, 5) is 18.8. The largest absolute Gasteiger partial charge is 0.488 e. The van der Waals surface area contributed by atoms with Crippen LogP contribution in [0.2, 0.25) is 0 Å². The first kappa shape index (κ1) is 17.7. The van der Waals surface area contributed by atoms with Crippen LogP contribution in [0.3, 0.4) is 0 Å². The van der Waals surface area contributed by atoms with Gasteiger partial charge in [0, 0.05) is 30.0 Å². The summed E-state index contributed by atoms with van der Waals surface area (Å²) < 4.78 is 6.41. The molecule has 0 radical (unpaired) electrons. The van der Waals surface area contributed by atoms with Crippen molar-refractivity contribution in [3.63, 3.8) is 0 Å². The van der Waals surface area contributed by atoms with Crippen LogP contribution in [-0.2, 0) is 4.79 Å². The SMILES string of the molecule is CC(=O)C1CC(Oc2cc(-c3ccccc3)nc3cc(C)ccc23)CN1C. The summed E-state index contributed by atoms with van der Waals surface area (Å²) in [5.41, 5.74) is 4.07. The number of ketones is 1. The van der Waals surface area contributed by atoms with E-state index < -0.39 is 0 Å². The molecular formula is C23H24N2O2. The van der Waals surface area contributed by atoms with Crippen LogP contribution in [-0.4, -0.2) is 41.4 Å². The minimum absolute atomic E-state index is 0.000531. The first-order valence-corrected chi connectivity index (χ1v) is 9.35. The normalized spacial score (nSPS) is 20.1. The first-order valence-electron chi connectivity index (χ1n) is 9.35. The number of aryl methyl sites for hydroxylation is 1. The number of hydrogen-bond acceptors (Lipinski definition) is 4. The van der Waals surface area contributed by atoms with E-state index in [9.17, 15) is 4.79 Å². The summed E-state index contributed by atoms with van der Waals surface area (Å²) in [5.74, 6) is 1.03. The van der Waals surface area contributed by atoms with Crippen LogP contribution >= 0.6 is 0 Å². The highest BCUT2D eigenvalue weighted by Gasteiger charge is 2.34. The number of fused-ring (bicyclic) bond motifs is 1. The third-order valence-corrected chi connectivity index (χ3v) is 5.27. The Hall–Kier alpha value is -2.72. The highest BCUT2D eigenvalue weighted by Crippen LogP contribution is 2.33. The summed E-state index contributed by atoms with van der Waals surface area (Å²) in [6, 6.07) is 18.4. The Labute approximate surface area is 159 Å². The predicted octanol–water partition coefficient (Wildman–Crippen LogP) is 4.25. The highest BCUT2D eigenvalue weighted by atomic mass is 16.5. The number of benzene rings is 2. The molecule has 2 aromatic carbocycles. The standard InChI is InChI=1S/C23H24N2O2/c1-15-9-10-19-21(11-15)24-20(17-7-5-4-6-8-17)13-23(19)27-18-12-22(16(2)26)25(3)14-18/h4-11,13,18,22H,12,14H2,1-3H3. The van der Waals surface area contributed by atoms with Gasteiger partial charge < -0.3 is 4.74 Å². The summed E-state index contributed by atoms with van der Waals surface area (Å²) in [5, 5.41) is 1.01. The molecule has 4 rings (SSSR count). The van der Waals surface area contributed by atoms with E-state index >= 15 is 0 Å². The second-order valence-electron chi connectivity index (χ2n) is 7.43. The van der Waals surface area contributed by atoms with Gasteiger partial charge in [0.05, 0.1) is 17.3 Å². The fraction of sp³-hybridized carbons (Fsp3) is 0.304. The van der Waals surface area contributed by atoms with E-state index in [-0.39, 0.29) is 17.9 Å². The number of carbonyl (C=O) groups excluding carboxylic acids is 1. The van der Waals surface area contributed by atoms with E-state index in [1.54, 1.807) is 6.92 Å². The number of rotatable bonds is 4. The maximum Gasteiger partial charge on any atom is 0.147 e. The number of pyridine rings is 1. The van der Waals surface area contributed by atoms with E-state index in [2.05, 4.69) is 42.2 Å². The molecule has 0 saturated carbocycles. The Bertz CT molecular complexity index is 984. The first-order chi connectivity index (χ1) is 13.0. The van der Waals surface area contributed by atoms with Gasteiger partial charge in [0.1, 0.15) is 17.6 Å². The second-order valence-corrected chi connectivity index (χ2v) is 7.43. The van der Waals surface area contributed by atoms with Gasteiger partial charge in [-0.25, -0.2) is 4.98 Å². The Morgan fingerprint density at radius 1 is 1.15 bits per heavy atom. The summed E-state index contributed by atoms with van der Waals surface area (Å²) >= 11 is 0. The molecule has 1 aromatic heterocycles. The molecule has 138 valence electrons. The number of ether oxygens (including phenoxy) is 1. The van der Waals surface area contributed by atoms with Gasteiger partial charge in [-0.15, -0.1) is 0 Å². The van der Waals surface area contributed by atoms with Crippen LogP contribution in [0.4, 0.5) is 0 Å². The number of aromatic nitrogens is 1. The maximum atomic E-state index is 11.8. The van der Waals surface area contributed by atoms with Crippen molar-refractivity contribution in [1.82, 2.24) is 9.88 Å². The molecule has 0 aliphatic carbocycles. The van der Waals surface area contributed by atoms with E-state index in [1.807, 2.05) is 31.3 Å². The molecule has 4 nitrogen and oxygen atoms in total. The zero-order valence-corrected chi connectivity index (χ0v) is 16.0. The summed E-state index contributed by atoms with van der Waals surface area (Å²) in [6.45, 7) is 4.47. The fourth-order valence-electron chi connectivity index (χ4n) is 3.85. The molecule has 2 heterocycles. The van der Waals surface area contributed by atoms with E-state index in [0.29, 0.717) is 0 Å². The molecule has 0 amide bonds. The van der Waals surface area contributed by atoms with Gasteiger partial charge in [-0.3, -0.25) is 9.69 Å². The molecule has 2 unspecified atom stereocenters. The molecule has 1 fully saturated rings. The number of likely N-dealkylation sites (tertiary alicyclic amines) is 1. The van der Waals surface area contributed by atoms with Gasteiger partial charge in [-0.1, -0.05) is 36.4 Å². The Morgan fingerprint density at radius 3 is 2.63 bits per heavy atom. The molecule has 1 saturated heterocycles. The molecule has 1 aliphatic rings. The molecule has 4 heteroatoms. The number of nitrogens with zero attached hydrogens (tertiary/aromatic N) is 2. The molecule has 1 aliphatic heterocycles. The molecule has 3 aromatic rings. The molecule has 27 heavy (non-hydrogen) atoms. The number of carbonyl (C=O) groups is 1.